The van der Waals surface area contributed by atoms with Crippen molar-refractivity contribution in [1.29, 1.82) is 0 Å². The lowest BCUT2D eigenvalue weighted by Gasteiger charge is -2.03. The van der Waals surface area contributed by atoms with Crippen LogP contribution in [-0.2, 0) is 11.3 Å². The first-order chi connectivity index (χ1) is 8.22. The van der Waals surface area contributed by atoms with Crippen molar-refractivity contribution >= 4 is 39.7 Å². The molecule has 0 unspecified atom stereocenters. The average molecular weight is 270 g/mol. The van der Waals surface area contributed by atoms with Gasteiger partial charge in [0.2, 0.25) is 0 Å². The molecule has 0 radical (unpaired) electrons. The van der Waals surface area contributed by atoms with Crippen LogP contribution >= 0.6 is 22.9 Å². The van der Waals surface area contributed by atoms with Gasteiger partial charge in [-0.1, -0.05) is 0 Å². The fourth-order valence-corrected chi connectivity index (χ4v) is 2.47. The van der Waals surface area contributed by atoms with Crippen LogP contribution in [0.3, 0.4) is 0 Å². The number of carbonyl (C=O) groups is 1. The number of ether oxygens (including phenoxy) is 1. The summed E-state index contributed by atoms with van der Waals surface area (Å²) in [6, 6.07) is 0. The van der Waals surface area contributed by atoms with Crippen molar-refractivity contribution in [3.63, 3.8) is 0 Å². The van der Waals surface area contributed by atoms with Crippen molar-refractivity contribution in [3.8, 4) is 0 Å². The van der Waals surface area contributed by atoms with Crippen LogP contribution in [-0.4, -0.2) is 22.4 Å². The molecule has 3 N–H and O–H groups in total. The van der Waals surface area contributed by atoms with Gasteiger partial charge in [-0.15, -0.1) is 11.3 Å². The molecule has 90 valence electrons. The molecule has 0 saturated carbocycles. The Balaban J connectivity index is 2.13. The second kappa shape index (κ2) is 5.11. The van der Waals surface area contributed by atoms with E-state index >= 15 is 0 Å². The number of methoxy groups -OCH3 is 1. The number of rotatable bonds is 4. The number of nitrogens with two attached hydrogens (primary N) is 1. The molecule has 0 aliphatic rings. The molecule has 0 saturated heterocycles. The Morgan fingerprint density at radius 3 is 3.12 bits per heavy atom. The Labute approximate surface area is 106 Å². The van der Waals surface area contributed by atoms with Gasteiger partial charge in [0.05, 0.1) is 13.7 Å². The van der Waals surface area contributed by atoms with Crippen molar-refractivity contribution in [2.24, 2.45) is 0 Å². The van der Waals surface area contributed by atoms with E-state index < -0.39 is 5.97 Å². The predicted octanol–water partition coefficient (Wildman–Crippen LogP) is 1.58. The summed E-state index contributed by atoms with van der Waals surface area (Å²) in [5.74, 6) is -0.304. The van der Waals surface area contributed by atoms with E-state index in [2.05, 4.69) is 19.4 Å². The van der Waals surface area contributed by atoms with Gasteiger partial charge in [0.1, 0.15) is 15.6 Å². The SMILES string of the molecule is COC(=O)c1c(N)nsc1NCc1nccs1. The number of carbonyl (C=O) groups excluding carboxylic acids is 1. The summed E-state index contributed by atoms with van der Waals surface area (Å²) in [7, 11) is 1.31. The van der Waals surface area contributed by atoms with Gasteiger partial charge >= 0.3 is 5.97 Å². The van der Waals surface area contributed by atoms with E-state index in [-0.39, 0.29) is 11.4 Å². The summed E-state index contributed by atoms with van der Waals surface area (Å²) in [6.45, 7) is 0.531. The van der Waals surface area contributed by atoms with Gasteiger partial charge in [0.15, 0.2) is 5.82 Å². The minimum Gasteiger partial charge on any atom is -0.465 e. The molecule has 8 heteroatoms. The summed E-state index contributed by atoms with van der Waals surface area (Å²) in [5, 5.41) is 6.49. The lowest BCUT2D eigenvalue weighted by Crippen LogP contribution is -2.08. The number of nitrogens with one attached hydrogen (secondary N) is 1. The summed E-state index contributed by atoms with van der Waals surface area (Å²) < 4.78 is 8.57. The molecule has 0 spiro atoms. The smallest absolute Gasteiger partial charge is 0.344 e. The van der Waals surface area contributed by atoms with Crippen molar-refractivity contribution in [1.82, 2.24) is 9.36 Å². The zero-order chi connectivity index (χ0) is 12.3. The first-order valence-electron chi connectivity index (χ1n) is 4.68. The number of thiazole rings is 1. The molecule has 2 heterocycles. The molecular formula is C9H10N4O2S2. The van der Waals surface area contributed by atoms with Gasteiger partial charge in [-0.05, 0) is 11.5 Å². The second-order valence-electron chi connectivity index (χ2n) is 3.04. The zero-order valence-corrected chi connectivity index (χ0v) is 10.6. The minimum absolute atomic E-state index is 0.184. The Bertz CT molecular complexity index is 509. The molecule has 0 bridgehead atoms. The summed E-state index contributed by atoms with van der Waals surface area (Å²) in [4.78, 5) is 15.6. The van der Waals surface area contributed by atoms with Crippen LogP contribution in [0, 0.1) is 0 Å². The van der Waals surface area contributed by atoms with Gasteiger partial charge in [-0.2, -0.15) is 4.37 Å². The highest BCUT2D eigenvalue weighted by molar-refractivity contribution is 7.11. The number of hydrogen-bond acceptors (Lipinski definition) is 8. The molecular weight excluding hydrogens is 260 g/mol. The fourth-order valence-electron chi connectivity index (χ4n) is 1.22. The van der Waals surface area contributed by atoms with Gasteiger partial charge in [0, 0.05) is 11.6 Å². The van der Waals surface area contributed by atoms with E-state index in [9.17, 15) is 4.79 Å². The Hall–Kier alpha value is -1.67. The topological polar surface area (TPSA) is 90.1 Å². The predicted molar refractivity (Wildman–Crippen MR) is 67.3 cm³/mol. The monoisotopic (exact) mass is 270 g/mol. The normalized spacial score (nSPS) is 10.2. The van der Waals surface area contributed by atoms with Gasteiger partial charge in [0.25, 0.3) is 0 Å². The third-order valence-corrected chi connectivity index (χ3v) is 3.59. The van der Waals surface area contributed by atoms with Crippen LogP contribution in [0.5, 0.6) is 0 Å². The van der Waals surface area contributed by atoms with Crippen LogP contribution in [0.15, 0.2) is 11.6 Å². The molecule has 6 nitrogen and oxygen atoms in total. The molecule has 2 rings (SSSR count). The number of esters is 1. The zero-order valence-electron chi connectivity index (χ0n) is 8.97. The Morgan fingerprint density at radius 2 is 2.47 bits per heavy atom. The number of anilines is 2. The first-order valence-corrected chi connectivity index (χ1v) is 6.33. The van der Waals surface area contributed by atoms with E-state index in [4.69, 9.17) is 5.73 Å². The van der Waals surface area contributed by atoms with E-state index in [1.165, 1.54) is 18.4 Å². The molecule has 0 atom stereocenters. The van der Waals surface area contributed by atoms with Crippen molar-refractivity contribution in [2.75, 3.05) is 18.2 Å². The molecule has 0 aliphatic heterocycles. The maximum atomic E-state index is 11.5. The van der Waals surface area contributed by atoms with Crippen molar-refractivity contribution < 1.29 is 9.53 Å². The third kappa shape index (κ3) is 2.53. The van der Waals surface area contributed by atoms with Crippen LogP contribution < -0.4 is 11.1 Å². The van der Waals surface area contributed by atoms with Crippen molar-refractivity contribution in [3.05, 3.63) is 22.1 Å². The Morgan fingerprint density at radius 1 is 1.65 bits per heavy atom. The number of nitrogen functional groups attached to an aromatic ring is 1. The average Bonchev–Trinajstić information content (AvgIpc) is 2.95. The van der Waals surface area contributed by atoms with Crippen LogP contribution in [0.25, 0.3) is 0 Å². The van der Waals surface area contributed by atoms with Crippen LogP contribution in [0.2, 0.25) is 0 Å². The lowest BCUT2D eigenvalue weighted by molar-refractivity contribution is 0.0603. The largest absolute Gasteiger partial charge is 0.465 e. The Kier molecular flexibility index (Phi) is 3.55. The second-order valence-corrected chi connectivity index (χ2v) is 4.80. The maximum Gasteiger partial charge on any atom is 0.344 e. The minimum atomic E-state index is -0.488. The quantitative estimate of drug-likeness (QED) is 0.820. The van der Waals surface area contributed by atoms with Gasteiger partial charge in [-0.3, -0.25) is 0 Å². The molecule has 0 amide bonds. The standard InChI is InChI=1S/C9H10N4O2S2/c1-15-9(14)6-7(10)13-17-8(6)12-4-5-11-2-3-16-5/h2-3,12H,4H2,1H3,(H2,10,13). The molecule has 0 aromatic carbocycles. The fraction of sp³-hybridized carbons (Fsp3) is 0.222. The number of aromatic nitrogens is 2. The molecule has 2 aromatic rings. The molecule has 2 aromatic heterocycles. The highest BCUT2D eigenvalue weighted by Gasteiger charge is 2.19. The molecule has 0 fully saturated rings. The first kappa shape index (κ1) is 11.8. The van der Waals surface area contributed by atoms with Gasteiger partial charge in [-0.25, -0.2) is 9.78 Å². The number of nitrogens with zero attached hydrogens (tertiary/aromatic N) is 2. The van der Waals surface area contributed by atoms with Crippen molar-refractivity contribution in [2.45, 2.75) is 6.54 Å². The third-order valence-electron chi connectivity index (χ3n) is 1.99. The van der Waals surface area contributed by atoms with E-state index in [0.29, 0.717) is 11.5 Å². The van der Waals surface area contributed by atoms with Crippen LogP contribution in [0.4, 0.5) is 10.8 Å². The molecule has 0 aliphatic carbocycles. The van der Waals surface area contributed by atoms with Crippen LogP contribution in [0.1, 0.15) is 15.4 Å². The van der Waals surface area contributed by atoms with Gasteiger partial charge < -0.3 is 15.8 Å². The van der Waals surface area contributed by atoms with E-state index in [1.807, 2.05) is 5.38 Å². The number of hydrogen-bond donors (Lipinski definition) is 2. The summed E-state index contributed by atoms with van der Waals surface area (Å²) >= 11 is 2.66. The summed E-state index contributed by atoms with van der Waals surface area (Å²) in [5.41, 5.74) is 5.90. The van der Waals surface area contributed by atoms with E-state index in [1.54, 1.807) is 6.20 Å². The highest BCUT2D eigenvalue weighted by Crippen LogP contribution is 2.27. The summed E-state index contributed by atoms with van der Waals surface area (Å²) in [6.07, 6.45) is 1.73. The maximum absolute atomic E-state index is 11.5. The molecule has 17 heavy (non-hydrogen) atoms. The van der Waals surface area contributed by atoms with E-state index in [0.717, 1.165) is 16.5 Å². The highest BCUT2D eigenvalue weighted by atomic mass is 32.1. The lowest BCUT2D eigenvalue weighted by atomic mass is 10.3.